The second kappa shape index (κ2) is 4.74. The highest BCUT2D eigenvalue weighted by Gasteiger charge is 2.20. The van der Waals surface area contributed by atoms with E-state index in [1.54, 1.807) is 0 Å². The van der Waals surface area contributed by atoms with Crippen molar-refractivity contribution in [1.29, 1.82) is 0 Å². The zero-order valence-electron chi connectivity index (χ0n) is 8.13. The largest absolute Gasteiger partial charge is 0.354 e. The van der Waals surface area contributed by atoms with Crippen molar-refractivity contribution >= 4 is 17.6 Å². The third-order valence-corrected chi connectivity index (χ3v) is 2.04. The number of Topliss-reactive ketones (excluding diaryl/α,β-unsaturated/α-hetero) is 1. The SMILES string of the molecule is CC(=O)CC(=O)NCC1CCC(=O)N1. The van der Waals surface area contributed by atoms with Gasteiger partial charge in [0.1, 0.15) is 5.78 Å². The molecular formula is C9H14N2O3. The van der Waals surface area contributed by atoms with E-state index in [1.807, 2.05) is 0 Å². The van der Waals surface area contributed by atoms with Gasteiger partial charge in [-0.3, -0.25) is 14.4 Å². The molecule has 1 fully saturated rings. The molecule has 78 valence electrons. The number of nitrogens with one attached hydrogen (secondary N) is 2. The van der Waals surface area contributed by atoms with Crippen molar-refractivity contribution in [2.75, 3.05) is 6.54 Å². The van der Waals surface area contributed by atoms with E-state index in [4.69, 9.17) is 0 Å². The van der Waals surface area contributed by atoms with Gasteiger partial charge in [-0.05, 0) is 13.3 Å². The number of ketones is 1. The lowest BCUT2D eigenvalue weighted by atomic mass is 10.2. The summed E-state index contributed by atoms with van der Waals surface area (Å²) in [4.78, 5) is 32.4. The van der Waals surface area contributed by atoms with E-state index in [2.05, 4.69) is 10.6 Å². The zero-order valence-corrected chi connectivity index (χ0v) is 8.13. The molecule has 1 heterocycles. The summed E-state index contributed by atoms with van der Waals surface area (Å²) in [6, 6.07) is 0.0263. The van der Waals surface area contributed by atoms with Gasteiger partial charge in [-0.1, -0.05) is 0 Å². The Morgan fingerprint density at radius 2 is 2.29 bits per heavy atom. The Bertz CT molecular complexity index is 263. The van der Waals surface area contributed by atoms with E-state index in [-0.39, 0.29) is 30.1 Å². The minimum Gasteiger partial charge on any atom is -0.354 e. The van der Waals surface area contributed by atoms with Gasteiger partial charge in [-0.2, -0.15) is 0 Å². The lowest BCUT2D eigenvalue weighted by molar-refractivity contribution is -0.127. The number of hydrogen-bond acceptors (Lipinski definition) is 3. The Hall–Kier alpha value is -1.39. The molecule has 1 rings (SSSR count). The van der Waals surface area contributed by atoms with Crippen LogP contribution in [0.15, 0.2) is 0 Å². The molecule has 1 aliphatic rings. The normalized spacial score (nSPS) is 20.4. The first kappa shape index (κ1) is 10.7. The maximum atomic E-state index is 11.0. The van der Waals surface area contributed by atoms with Crippen LogP contribution in [0.1, 0.15) is 26.2 Å². The Kier molecular flexibility index (Phi) is 3.62. The van der Waals surface area contributed by atoms with Crippen LogP contribution in [-0.4, -0.2) is 30.2 Å². The molecule has 1 unspecified atom stereocenters. The Labute approximate surface area is 82.2 Å². The summed E-state index contributed by atoms with van der Waals surface area (Å²) in [6.07, 6.45) is 1.19. The van der Waals surface area contributed by atoms with Crippen LogP contribution in [0.2, 0.25) is 0 Å². The van der Waals surface area contributed by atoms with Gasteiger partial charge in [0.2, 0.25) is 11.8 Å². The van der Waals surface area contributed by atoms with Gasteiger partial charge in [-0.15, -0.1) is 0 Å². The van der Waals surface area contributed by atoms with Crippen LogP contribution in [0.3, 0.4) is 0 Å². The van der Waals surface area contributed by atoms with Gasteiger partial charge in [0.25, 0.3) is 0 Å². The highest BCUT2D eigenvalue weighted by Crippen LogP contribution is 2.04. The molecule has 14 heavy (non-hydrogen) atoms. The molecular weight excluding hydrogens is 184 g/mol. The molecule has 0 aromatic rings. The van der Waals surface area contributed by atoms with E-state index >= 15 is 0 Å². The average Bonchev–Trinajstić information content (AvgIpc) is 2.47. The van der Waals surface area contributed by atoms with Crippen LogP contribution in [0.4, 0.5) is 0 Å². The Balaban J connectivity index is 2.17. The molecule has 0 saturated carbocycles. The van der Waals surface area contributed by atoms with Crippen LogP contribution in [0, 0.1) is 0 Å². The maximum Gasteiger partial charge on any atom is 0.227 e. The van der Waals surface area contributed by atoms with Crippen molar-refractivity contribution < 1.29 is 14.4 Å². The summed E-state index contributed by atoms with van der Waals surface area (Å²) in [6.45, 7) is 1.79. The van der Waals surface area contributed by atoms with Crippen molar-refractivity contribution in [3.8, 4) is 0 Å². The van der Waals surface area contributed by atoms with Crippen LogP contribution in [0.25, 0.3) is 0 Å². The first-order chi connectivity index (χ1) is 6.58. The van der Waals surface area contributed by atoms with Crippen LogP contribution in [0.5, 0.6) is 0 Å². The fourth-order valence-corrected chi connectivity index (χ4v) is 1.36. The van der Waals surface area contributed by atoms with Crippen molar-refractivity contribution in [3.63, 3.8) is 0 Å². The van der Waals surface area contributed by atoms with Crippen LogP contribution in [-0.2, 0) is 14.4 Å². The first-order valence-electron chi connectivity index (χ1n) is 4.63. The summed E-state index contributed by atoms with van der Waals surface area (Å²) in [7, 11) is 0. The number of amides is 2. The minimum absolute atomic E-state index is 0.0239. The maximum absolute atomic E-state index is 11.0. The molecule has 0 bridgehead atoms. The Morgan fingerprint density at radius 1 is 1.57 bits per heavy atom. The summed E-state index contributed by atoms with van der Waals surface area (Å²) in [5.74, 6) is -0.410. The molecule has 0 radical (unpaired) electrons. The Morgan fingerprint density at radius 3 is 2.79 bits per heavy atom. The molecule has 1 aliphatic heterocycles. The fourth-order valence-electron chi connectivity index (χ4n) is 1.36. The third-order valence-electron chi connectivity index (χ3n) is 2.04. The minimum atomic E-state index is -0.279. The van der Waals surface area contributed by atoms with Crippen molar-refractivity contribution in [2.24, 2.45) is 0 Å². The predicted molar refractivity (Wildman–Crippen MR) is 49.5 cm³/mol. The van der Waals surface area contributed by atoms with Crippen molar-refractivity contribution in [3.05, 3.63) is 0 Å². The van der Waals surface area contributed by atoms with Gasteiger partial charge in [0, 0.05) is 19.0 Å². The van der Waals surface area contributed by atoms with Gasteiger partial charge >= 0.3 is 0 Å². The molecule has 2 N–H and O–H groups in total. The summed E-state index contributed by atoms with van der Waals surface area (Å²) in [5, 5.41) is 5.33. The number of carbonyl (C=O) groups excluding carboxylic acids is 3. The first-order valence-corrected chi connectivity index (χ1v) is 4.63. The standard InChI is InChI=1S/C9H14N2O3/c1-6(12)4-9(14)10-5-7-2-3-8(13)11-7/h7H,2-5H2,1H3,(H,10,14)(H,11,13). The highest BCUT2D eigenvalue weighted by molar-refractivity contribution is 5.96. The molecule has 0 spiro atoms. The van der Waals surface area contributed by atoms with Gasteiger partial charge in [0.05, 0.1) is 6.42 Å². The van der Waals surface area contributed by atoms with E-state index in [9.17, 15) is 14.4 Å². The fraction of sp³-hybridized carbons (Fsp3) is 0.667. The van der Waals surface area contributed by atoms with Gasteiger partial charge < -0.3 is 10.6 Å². The molecule has 5 heteroatoms. The second-order valence-corrected chi connectivity index (χ2v) is 3.49. The topological polar surface area (TPSA) is 75.3 Å². The monoisotopic (exact) mass is 198 g/mol. The van der Waals surface area contributed by atoms with Gasteiger partial charge in [0.15, 0.2) is 0 Å². The predicted octanol–water partition coefficient (Wildman–Crippen LogP) is -0.640. The van der Waals surface area contributed by atoms with E-state index in [1.165, 1.54) is 6.92 Å². The number of rotatable bonds is 4. The number of carbonyl (C=O) groups is 3. The van der Waals surface area contributed by atoms with Gasteiger partial charge in [-0.25, -0.2) is 0 Å². The smallest absolute Gasteiger partial charge is 0.227 e. The molecule has 2 amide bonds. The quantitative estimate of drug-likeness (QED) is 0.590. The lowest BCUT2D eigenvalue weighted by Crippen LogP contribution is -2.38. The second-order valence-electron chi connectivity index (χ2n) is 3.49. The summed E-state index contributed by atoms with van der Waals surface area (Å²) in [5.41, 5.74) is 0. The lowest BCUT2D eigenvalue weighted by Gasteiger charge is -2.10. The average molecular weight is 198 g/mol. The number of hydrogen-bond donors (Lipinski definition) is 2. The van der Waals surface area contributed by atoms with Crippen molar-refractivity contribution in [1.82, 2.24) is 10.6 Å². The van der Waals surface area contributed by atoms with E-state index in [0.717, 1.165) is 6.42 Å². The molecule has 1 atom stereocenters. The third kappa shape index (κ3) is 3.55. The van der Waals surface area contributed by atoms with E-state index in [0.29, 0.717) is 13.0 Å². The van der Waals surface area contributed by atoms with Crippen molar-refractivity contribution in [2.45, 2.75) is 32.2 Å². The summed E-state index contributed by atoms with van der Waals surface area (Å²) >= 11 is 0. The molecule has 1 saturated heterocycles. The highest BCUT2D eigenvalue weighted by atomic mass is 16.2. The zero-order chi connectivity index (χ0) is 10.6. The molecule has 0 aromatic heterocycles. The molecule has 5 nitrogen and oxygen atoms in total. The van der Waals surface area contributed by atoms with Crippen LogP contribution >= 0.6 is 0 Å². The van der Waals surface area contributed by atoms with Crippen LogP contribution < -0.4 is 10.6 Å². The summed E-state index contributed by atoms with van der Waals surface area (Å²) < 4.78 is 0. The molecule has 0 aromatic carbocycles. The molecule has 0 aliphatic carbocycles. The van der Waals surface area contributed by atoms with E-state index < -0.39 is 0 Å².